The van der Waals surface area contributed by atoms with Crippen molar-refractivity contribution in [2.24, 2.45) is 17.6 Å². The molecule has 4 nitrogen and oxygen atoms in total. The maximum absolute atomic E-state index is 12.6. The van der Waals surface area contributed by atoms with Crippen molar-refractivity contribution >= 4 is 16.9 Å². The first-order valence-electron chi connectivity index (χ1n) is 7.58. The van der Waals surface area contributed by atoms with E-state index in [1.54, 1.807) is 0 Å². The van der Waals surface area contributed by atoms with Crippen LogP contribution in [0.3, 0.4) is 0 Å². The molecule has 0 saturated carbocycles. The molecule has 1 aliphatic rings. The molecule has 112 valence electrons. The summed E-state index contributed by atoms with van der Waals surface area (Å²) in [5, 5.41) is 0.985. The van der Waals surface area contributed by atoms with Gasteiger partial charge in [0.1, 0.15) is 5.58 Å². The van der Waals surface area contributed by atoms with Gasteiger partial charge in [0.15, 0.2) is 5.76 Å². The number of fused-ring (bicyclic) bond motifs is 1. The number of furan rings is 1. The summed E-state index contributed by atoms with van der Waals surface area (Å²) in [6.07, 6.45) is 1.01. The zero-order valence-corrected chi connectivity index (χ0v) is 12.6. The number of carbonyl (C=O) groups excluding carboxylic acids is 1. The summed E-state index contributed by atoms with van der Waals surface area (Å²) in [6.45, 7) is 6.39. The summed E-state index contributed by atoms with van der Waals surface area (Å²) in [5.41, 5.74) is 7.74. The first kappa shape index (κ1) is 14.1. The first-order valence-corrected chi connectivity index (χ1v) is 7.58. The van der Waals surface area contributed by atoms with E-state index in [1.807, 2.05) is 36.1 Å². The lowest BCUT2D eigenvalue weighted by atomic mass is 9.87. The van der Waals surface area contributed by atoms with Crippen LogP contribution in [0.4, 0.5) is 0 Å². The van der Waals surface area contributed by atoms with Crippen molar-refractivity contribution in [3.63, 3.8) is 0 Å². The van der Waals surface area contributed by atoms with Crippen LogP contribution in [0.15, 0.2) is 28.7 Å². The Hall–Kier alpha value is -1.81. The third-order valence-electron chi connectivity index (χ3n) is 4.59. The second kappa shape index (κ2) is 5.53. The summed E-state index contributed by atoms with van der Waals surface area (Å²) in [5.74, 6) is 1.38. The van der Waals surface area contributed by atoms with Gasteiger partial charge in [-0.15, -0.1) is 0 Å². The van der Waals surface area contributed by atoms with Crippen molar-refractivity contribution in [3.8, 4) is 0 Å². The van der Waals surface area contributed by atoms with Gasteiger partial charge in [-0.2, -0.15) is 0 Å². The number of amides is 1. The molecule has 21 heavy (non-hydrogen) atoms. The fourth-order valence-electron chi connectivity index (χ4n) is 3.06. The van der Waals surface area contributed by atoms with E-state index in [2.05, 4.69) is 6.92 Å². The second-order valence-electron chi connectivity index (χ2n) is 6.16. The largest absolute Gasteiger partial charge is 0.451 e. The zero-order chi connectivity index (χ0) is 15.0. The van der Waals surface area contributed by atoms with E-state index in [4.69, 9.17) is 10.2 Å². The van der Waals surface area contributed by atoms with Crippen molar-refractivity contribution in [2.75, 3.05) is 19.6 Å². The number of piperidine rings is 1. The summed E-state index contributed by atoms with van der Waals surface area (Å²) in [6, 6.07) is 7.80. The maximum Gasteiger partial charge on any atom is 0.289 e. The number of hydrogen-bond donors (Lipinski definition) is 1. The first-order chi connectivity index (χ1) is 10.1. The fraction of sp³-hybridized carbons (Fsp3) is 0.471. The lowest BCUT2D eigenvalue weighted by molar-refractivity contribution is 0.0589. The molecular formula is C17H22N2O2. The van der Waals surface area contributed by atoms with Crippen LogP contribution in [0.1, 0.15) is 29.5 Å². The fourth-order valence-corrected chi connectivity index (χ4v) is 3.06. The van der Waals surface area contributed by atoms with Crippen LogP contribution < -0.4 is 5.73 Å². The highest BCUT2D eigenvalue weighted by molar-refractivity contribution is 5.96. The average Bonchev–Trinajstić information content (AvgIpc) is 2.90. The molecule has 2 unspecified atom stereocenters. The van der Waals surface area contributed by atoms with Crippen LogP contribution in [-0.4, -0.2) is 30.4 Å². The Bertz CT molecular complexity index is 662. The number of benzene rings is 1. The Labute approximate surface area is 124 Å². The number of aryl methyl sites for hydroxylation is 1. The van der Waals surface area contributed by atoms with E-state index < -0.39 is 0 Å². The molecule has 0 aliphatic carbocycles. The second-order valence-corrected chi connectivity index (χ2v) is 6.16. The normalized spacial score (nSPS) is 22.7. The highest BCUT2D eigenvalue weighted by Crippen LogP contribution is 2.26. The molecule has 1 fully saturated rings. The van der Waals surface area contributed by atoms with Crippen LogP contribution in [0.25, 0.3) is 11.0 Å². The van der Waals surface area contributed by atoms with Gasteiger partial charge in [0.25, 0.3) is 5.91 Å². The molecule has 1 amide bonds. The lowest BCUT2D eigenvalue weighted by Gasteiger charge is -2.36. The summed E-state index contributed by atoms with van der Waals surface area (Å²) < 4.78 is 5.71. The molecule has 1 saturated heterocycles. The number of hydrogen-bond acceptors (Lipinski definition) is 3. The van der Waals surface area contributed by atoms with Crippen molar-refractivity contribution in [1.29, 1.82) is 0 Å². The Balaban J connectivity index is 1.83. The Morgan fingerprint density at radius 3 is 3.00 bits per heavy atom. The average molecular weight is 286 g/mol. The zero-order valence-electron chi connectivity index (χ0n) is 12.6. The van der Waals surface area contributed by atoms with Crippen molar-refractivity contribution in [2.45, 2.75) is 20.3 Å². The number of nitrogens with zero attached hydrogens (tertiary/aromatic N) is 1. The van der Waals surface area contributed by atoms with Crippen molar-refractivity contribution in [1.82, 2.24) is 4.90 Å². The highest BCUT2D eigenvalue weighted by atomic mass is 16.3. The van der Waals surface area contributed by atoms with E-state index in [0.717, 1.165) is 36.0 Å². The summed E-state index contributed by atoms with van der Waals surface area (Å²) in [4.78, 5) is 14.5. The smallest absolute Gasteiger partial charge is 0.289 e. The number of carbonyl (C=O) groups is 1. The van der Waals surface area contributed by atoms with Crippen LogP contribution >= 0.6 is 0 Å². The molecule has 4 heteroatoms. The van der Waals surface area contributed by atoms with Crippen molar-refractivity contribution < 1.29 is 9.21 Å². The van der Waals surface area contributed by atoms with Gasteiger partial charge in [0.05, 0.1) is 0 Å². The Kier molecular flexibility index (Phi) is 3.72. The van der Waals surface area contributed by atoms with Crippen LogP contribution in [-0.2, 0) is 0 Å². The van der Waals surface area contributed by atoms with Crippen molar-refractivity contribution in [3.05, 3.63) is 35.6 Å². The minimum absolute atomic E-state index is 0.0193. The van der Waals surface area contributed by atoms with Crippen LogP contribution in [0.5, 0.6) is 0 Å². The molecule has 0 spiro atoms. The summed E-state index contributed by atoms with van der Waals surface area (Å²) >= 11 is 0. The molecular weight excluding hydrogens is 264 g/mol. The topological polar surface area (TPSA) is 59.5 Å². The molecule has 2 atom stereocenters. The number of rotatable bonds is 2. The molecule has 0 bridgehead atoms. The van der Waals surface area contributed by atoms with E-state index in [9.17, 15) is 4.79 Å². The third kappa shape index (κ3) is 2.68. The molecule has 1 aliphatic heterocycles. The van der Waals surface area contributed by atoms with Gasteiger partial charge in [0, 0.05) is 18.5 Å². The van der Waals surface area contributed by atoms with Gasteiger partial charge >= 0.3 is 0 Å². The molecule has 2 N–H and O–H groups in total. The minimum Gasteiger partial charge on any atom is -0.451 e. The summed E-state index contributed by atoms with van der Waals surface area (Å²) in [7, 11) is 0. The van der Waals surface area contributed by atoms with Gasteiger partial charge in [0.2, 0.25) is 0 Å². The predicted octanol–water partition coefficient (Wildman–Crippen LogP) is 2.80. The van der Waals surface area contributed by atoms with E-state index >= 15 is 0 Å². The van der Waals surface area contributed by atoms with Gasteiger partial charge in [-0.25, -0.2) is 0 Å². The van der Waals surface area contributed by atoms with E-state index in [0.29, 0.717) is 24.1 Å². The maximum atomic E-state index is 12.6. The highest BCUT2D eigenvalue weighted by Gasteiger charge is 2.29. The standard InChI is InChI=1S/C17H22N2O2/c1-11-3-4-15-13(7-11)8-16(21-15)17(20)19-6-5-12(2)14(9-18)10-19/h3-4,7-8,12,14H,5-6,9-10,18H2,1-2H3. The van der Waals surface area contributed by atoms with E-state index in [-0.39, 0.29) is 5.91 Å². The molecule has 3 rings (SSSR count). The van der Waals surface area contributed by atoms with Gasteiger partial charge in [-0.1, -0.05) is 18.6 Å². The SMILES string of the molecule is Cc1ccc2oc(C(=O)N3CCC(C)C(CN)C3)cc2c1. The number of nitrogens with two attached hydrogens (primary N) is 1. The quantitative estimate of drug-likeness (QED) is 0.923. The monoisotopic (exact) mass is 286 g/mol. The lowest BCUT2D eigenvalue weighted by Crippen LogP contribution is -2.45. The molecule has 1 aromatic carbocycles. The Morgan fingerprint density at radius 1 is 1.43 bits per heavy atom. The van der Waals surface area contributed by atoms with E-state index in [1.165, 1.54) is 0 Å². The van der Waals surface area contributed by atoms with Gasteiger partial charge < -0.3 is 15.1 Å². The molecule has 1 aromatic heterocycles. The minimum atomic E-state index is -0.0193. The van der Waals surface area contributed by atoms with Crippen LogP contribution in [0, 0.1) is 18.8 Å². The van der Waals surface area contributed by atoms with Gasteiger partial charge in [-0.3, -0.25) is 4.79 Å². The number of likely N-dealkylation sites (tertiary alicyclic amines) is 1. The molecule has 0 radical (unpaired) electrons. The third-order valence-corrected chi connectivity index (χ3v) is 4.59. The van der Waals surface area contributed by atoms with Crippen LogP contribution in [0.2, 0.25) is 0 Å². The molecule has 2 aromatic rings. The van der Waals surface area contributed by atoms with Gasteiger partial charge in [-0.05, 0) is 49.9 Å². The Morgan fingerprint density at radius 2 is 2.24 bits per heavy atom. The predicted molar refractivity (Wildman–Crippen MR) is 83.2 cm³/mol. The molecule has 2 heterocycles.